The summed E-state index contributed by atoms with van der Waals surface area (Å²) in [6, 6.07) is 5.71. The SMILES string of the molecule is Cc1c(Br)cc(Br)c2c1C(=Cc1cccc(F)c1F)C(=O)N2. The molecule has 1 amide bonds. The molecular weight excluding hydrogens is 420 g/mol. The molecule has 0 bridgehead atoms. The lowest BCUT2D eigenvalue weighted by Crippen LogP contribution is -2.04. The van der Waals surface area contributed by atoms with Crippen molar-refractivity contribution in [3.63, 3.8) is 0 Å². The number of halogens is 4. The van der Waals surface area contributed by atoms with Crippen LogP contribution < -0.4 is 5.32 Å². The van der Waals surface area contributed by atoms with Crippen LogP contribution in [-0.4, -0.2) is 5.91 Å². The largest absolute Gasteiger partial charge is 0.320 e. The minimum Gasteiger partial charge on any atom is -0.320 e. The molecule has 112 valence electrons. The zero-order valence-electron chi connectivity index (χ0n) is 11.3. The Hall–Kier alpha value is -1.53. The highest BCUT2D eigenvalue weighted by Gasteiger charge is 2.29. The van der Waals surface area contributed by atoms with Gasteiger partial charge in [0.15, 0.2) is 11.6 Å². The topological polar surface area (TPSA) is 29.1 Å². The van der Waals surface area contributed by atoms with E-state index in [1.807, 2.05) is 13.0 Å². The summed E-state index contributed by atoms with van der Waals surface area (Å²) in [6.07, 6.45) is 1.37. The number of rotatable bonds is 1. The number of hydrogen-bond donors (Lipinski definition) is 1. The number of anilines is 1. The molecule has 0 saturated heterocycles. The molecule has 1 heterocycles. The number of carbonyl (C=O) groups is 1. The third kappa shape index (κ3) is 2.40. The van der Waals surface area contributed by atoms with Crippen molar-refractivity contribution in [3.05, 3.63) is 61.5 Å². The summed E-state index contributed by atoms with van der Waals surface area (Å²) in [5.74, 6) is -2.26. The van der Waals surface area contributed by atoms with E-state index in [9.17, 15) is 13.6 Å². The molecule has 2 aromatic carbocycles. The van der Waals surface area contributed by atoms with E-state index in [-0.39, 0.29) is 11.5 Å². The van der Waals surface area contributed by atoms with Crippen molar-refractivity contribution < 1.29 is 13.6 Å². The Labute approximate surface area is 142 Å². The molecule has 22 heavy (non-hydrogen) atoms. The van der Waals surface area contributed by atoms with Crippen molar-refractivity contribution in [2.75, 3.05) is 5.32 Å². The average Bonchev–Trinajstić information content (AvgIpc) is 2.79. The molecule has 1 N–H and O–H groups in total. The van der Waals surface area contributed by atoms with Gasteiger partial charge < -0.3 is 5.32 Å². The summed E-state index contributed by atoms with van der Waals surface area (Å²) in [6.45, 7) is 1.85. The number of nitrogens with one attached hydrogen (secondary N) is 1. The molecule has 2 nitrogen and oxygen atoms in total. The van der Waals surface area contributed by atoms with E-state index in [1.54, 1.807) is 0 Å². The van der Waals surface area contributed by atoms with Gasteiger partial charge >= 0.3 is 0 Å². The van der Waals surface area contributed by atoms with Crippen molar-refractivity contribution in [2.24, 2.45) is 0 Å². The van der Waals surface area contributed by atoms with Crippen molar-refractivity contribution in [1.29, 1.82) is 0 Å². The van der Waals surface area contributed by atoms with E-state index >= 15 is 0 Å². The highest BCUT2D eigenvalue weighted by atomic mass is 79.9. The lowest BCUT2D eigenvalue weighted by molar-refractivity contribution is -0.110. The molecule has 0 radical (unpaired) electrons. The second-order valence-electron chi connectivity index (χ2n) is 4.87. The molecule has 0 spiro atoms. The first-order chi connectivity index (χ1) is 10.4. The van der Waals surface area contributed by atoms with Crippen molar-refractivity contribution >= 4 is 55.1 Å². The van der Waals surface area contributed by atoms with Gasteiger partial charge in [-0.2, -0.15) is 0 Å². The molecule has 0 aromatic heterocycles. The Morgan fingerprint density at radius 1 is 1.18 bits per heavy atom. The number of amides is 1. The Kier molecular flexibility index (Phi) is 3.91. The Morgan fingerprint density at radius 3 is 2.64 bits per heavy atom. The van der Waals surface area contributed by atoms with Crippen LogP contribution in [0.5, 0.6) is 0 Å². The van der Waals surface area contributed by atoms with Crippen LogP contribution in [0.25, 0.3) is 11.6 Å². The maximum atomic E-state index is 13.8. The van der Waals surface area contributed by atoms with E-state index in [4.69, 9.17) is 0 Å². The Bertz CT molecular complexity index is 847. The Balaban J connectivity index is 2.25. The Morgan fingerprint density at radius 2 is 1.91 bits per heavy atom. The molecule has 0 saturated carbocycles. The second-order valence-corrected chi connectivity index (χ2v) is 6.58. The molecule has 0 aliphatic carbocycles. The minimum absolute atomic E-state index is 0.0356. The van der Waals surface area contributed by atoms with Crippen LogP contribution in [-0.2, 0) is 4.79 Å². The fourth-order valence-electron chi connectivity index (χ4n) is 2.40. The fourth-order valence-corrected chi connectivity index (χ4v) is 3.66. The van der Waals surface area contributed by atoms with Gasteiger partial charge in [0.1, 0.15) is 0 Å². The first kappa shape index (κ1) is 15.4. The highest BCUT2D eigenvalue weighted by molar-refractivity contribution is 9.11. The van der Waals surface area contributed by atoms with Crippen LogP contribution in [0.4, 0.5) is 14.5 Å². The average molecular weight is 429 g/mol. The molecule has 1 aliphatic rings. The molecule has 0 atom stereocenters. The highest BCUT2D eigenvalue weighted by Crippen LogP contribution is 2.43. The van der Waals surface area contributed by atoms with E-state index in [0.717, 1.165) is 20.6 Å². The standard InChI is InChI=1S/C16H9Br2F2NO/c1-7-10(17)6-11(18)15-13(7)9(16(22)21-15)5-8-3-2-4-12(19)14(8)20/h2-6H,1H3,(H,21,22). The summed E-state index contributed by atoms with van der Waals surface area (Å²) >= 11 is 6.82. The quantitative estimate of drug-likeness (QED) is 0.614. The molecule has 6 heteroatoms. The lowest BCUT2D eigenvalue weighted by atomic mass is 9.99. The number of hydrogen-bond acceptors (Lipinski definition) is 1. The van der Waals surface area contributed by atoms with Gasteiger partial charge in [0.2, 0.25) is 0 Å². The van der Waals surface area contributed by atoms with Gasteiger partial charge in [0.25, 0.3) is 5.91 Å². The van der Waals surface area contributed by atoms with Gasteiger partial charge in [-0.05, 0) is 46.6 Å². The molecule has 2 aromatic rings. The molecule has 0 fully saturated rings. The van der Waals surface area contributed by atoms with E-state index < -0.39 is 11.6 Å². The van der Waals surface area contributed by atoms with Gasteiger partial charge in [-0.3, -0.25) is 4.79 Å². The first-order valence-electron chi connectivity index (χ1n) is 6.36. The smallest absolute Gasteiger partial charge is 0.256 e. The van der Waals surface area contributed by atoms with Crippen molar-refractivity contribution in [1.82, 2.24) is 0 Å². The lowest BCUT2D eigenvalue weighted by Gasteiger charge is -2.08. The predicted molar refractivity (Wildman–Crippen MR) is 89.4 cm³/mol. The minimum atomic E-state index is -0.969. The van der Waals surface area contributed by atoms with Crippen molar-refractivity contribution in [3.8, 4) is 0 Å². The maximum absolute atomic E-state index is 13.8. The zero-order chi connectivity index (χ0) is 16.0. The summed E-state index contributed by atoms with van der Waals surface area (Å²) in [5.41, 5.74) is 2.50. The van der Waals surface area contributed by atoms with E-state index in [0.29, 0.717) is 16.8 Å². The third-order valence-corrected chi connectivity index (χ3v) is 4.96. The molecule has 3 rings (SSSR count). The van der Waals surface area contributed by atoms with Crippen LogP contribution in [0, 0.1) is 18.6 Å². The summed E-state index contributed by atoms with van der Waals surface area (Å²) in [4.78, 5) is 12.2. The number of carbonyl (C=O) groups excluding carboxylic acids is 1. The van der Waals surface area contributed by atoms with Crippen LogP contribution in [0.3, 0.4) is 0 Å². The molecular formula is C16H9Br2F2NO. The van der Waals surface area contributed by atoms with Gasteiger partial charge in [-0.25, -0.2) is 8.78 Å². The van der Waals surface area contributed by atoms with Crippen LogP contribution >= 0.6 is 31.9 Å². The summed E-state index contributed by atoms with van der Waals surface area (Å²) in [5, 5.41) is 2.75. The van der Waals surface area contributed by atoms with Crippen LogP contribution in [0.2, 0.25) is 0 Å². The van der Waals surface area contributed by atoms with Gasteiger partial charge in [-0.1, -0.05) is 28.1 Å². The van der Waals surface area contributed by atoms with Gasteiger partial charge in [0, 0.05) is 20.1 Å². The fraction of sp³-hybridized carbons (Fsp3) is 0.0625. The van der Waals surface area contributed by atoms with Crippen molar-refractivity contribution in [2.45, 2.75) is 6.92 Å². The summed E-state index contributed by atoms with van der Waals surface area (Å²) in [7, 11) is 0. The second kappa shape index (κ2) is 5.59. The maximum Gasteiger partial charge on any atom is 0.256 e. The number of benzene rings is 2. The zero-order valence-corrected chi connectivity index (χ0v) is 14.5. The number of fused-ring (bicyclic) bond motifs is 1. The molecule has 1 aliphatic heterocycles. The van der Waals surface area contributed by atoms with Gasteiger partial charge in [0.05, 0.1) is 11.3 Å². The monoisotopic (exact) mass is 427 g/mol. The van der Waals surface area contributed by atoms with Gasteiger partial charge in [-0.15, -0.1) is 0 Å². The van der Waals surface area contributed by atoms with Crippen LogP contribution in [0.1, 0.15) is 16.7 Å². The summed E-state index contributed by atoms with van der Waals surface area (Å²) < 4.78 is 28.7. The third-order valence-electron chi connectivity index (χ3n) is 3.51. The molecule has 0 unspecified atom stereocenters. The van der Waals surface area contributed by atoms with E-state index in [1.165, 1.54) is 18.2 Å². The van der Waals surface area contributed by atoms with Crippen LogP contribution in [0.15, 0.2) is 33.2 Å². The normalized spacial score (nSPS) is 15.1. The first-order valence-corrected chi connectivity index (χ1v) is 7.94. The van der Waals surface area contributed by atoms with E-state index in [2.05, 4.69) is 37.2 Å². The predicted octanol–water partition coefficient (Wildman–Crippen LogP) is 5.29.